The summed E-state index contributed by atoms with van der Waals surface area (Å²) < 4.78 is 7.37. The van der Waals surface area contributed by atoms with Crippen molar-refractivity contribution in [1.29, 1.82) is 0 Å². The van der Waals surface area contributed by atoms with Crippen LogP contribution >= 0.6 is 11.8 Å². The summed E-state index contributed by atoms with van der Waals surface area (Å²) in [5, 5.41) is 9.61. The smallest absolute Gasteiger partial charge is 0.196 e. The molecule has 4 nitrogen and oxygen atoms in total. The van der Waals surface area contributed by atoms with Gasteiger partial charge in [-0.1, -0.05) is 66.4 Å². The third-order valence-electron chi connectivity index (χ3n) is 4.85. The van der Waals surface area contributed by atoms with Crippen molar-refractivity contribution in [3.63, 3.8) is 0 Å². The van der Waals surface area contributed by atoms with E-state index in [1.54, 1.807) is 25.2 Å². The van der Waals surface area contributed by atoms with Gasteiger partial charge in [0.1, 0.15) is 12.1 Å². The molecule has 132 valence electrons. The second kappa shape index (κ2) is 6.59. The average Bonchev–Trinajstić information content (AvgIpc) is 3.32. The van der Waals surface area contributed by atoms with Gasteiger partial charge in [0.15, 0.2) is 5.16 Å². The summed E-state index contributed by atoms with van der Waals surface area (Å²) >= 11 is 1.73. The van der Waals surface area contributed by atoms with Crippen molar-refractivity contribution in [2.24, 2.45) is 0 Å². The topological polar surface area (TPSA) is 39.9 Å². The van der Waals surface area contributed by atoms with Crippen LogP contribution in [0, 0.1) is 0 Å². The molecule has 1 heterocycles. The Morgan fingerprint density at radius 1 is 0.889 bits per heavy atom. The van der Waals surface area contributed by atoms with Crippen molar-refractivity contribution >= 4 is 11.8 Å². The van der Waals surface area contributed by atoms with E-state index in [1.165, 1.54) is 22.3 Å². The molecule has 0 amide bonds. The van der Waals surface area contributed by atoms with E-state index in [-0.39, 0.29) is 5.25 Å². The molecule has 1 aliphatic carbocycles. The lowest BCUT2D eigenvalue weighted by atomic mass is 10.1. The van der Waals surface area contributed by atoms with Crippen molar-refractivity contribution in [2.45, 2.75) is 10.4 Å². The number of hydrogen-bond acceptors (Lipinski definition) is 4. The van der Waals surface area contributed by atoms with Crippen LogP contribution in [0.2, 0.25) is 0 Å². The minimum Gasteiger partial charge on any atom is -0.497 e. The quantitative estimate of drug-likeness (QED) is 0.498. The number of rotatable bonds is 4. The fraction of sp³-hybridized carbons (Fsp3) is 0.0909. The number of ether oxygens (including phenoxy) is 1. The van der Waals surface area contributed by atoms with Gasteiger partial charge in [0.05, 0.1) is 18.0 Å². The van der Waals surface area contributed by atoms with Crippen molar-refractivity contribution in [3.8, 4) is 22.6 Å². The van der Waals surface area contributed by atoms with Gasteiger partial charge >= 0.3 is 0 Å². The van der Waals surface area contributed by atoms with Crippen LogP contribution in [0.1, 0.15) is 16.4 Å². The van der Waals surface area contributed by atoms with E-state index in [1.807, 2.05) is 28.8 Å². The van der Waals surface area contributed by atoms with Gasteiger partial charge in [-0.3, -0.25) is 4.57 Å². The number of thioether (sulfide) groups is 1. The molecule has 0 spiro atoms. The van der Waals surface area contributed by atoms with E-state index >= 15 is 0 Å². The van der Waals surface area contributed by atoms with E-state index in [0.717, 1.165) is 16.6 Å². The average molecular weight is 371 g/mol. The highest BCUT2D eigenvalue weighted by atomic mass is 32.2. The zero-order valence-corrected chi connectivity index (χ0v) is 15.6. The Balaban J connectivity index is 1.56. The maximum absolute atomic E-state index is 5.36. The Labute approximate surface area is 161 Å². The maximum atomic E-state index is 5.36. The summed E-state index contributed by atoms with van der Waals surface area (Å²) in [7, 11) is 1.67. The van der Waals surface area contributed by atoms with Crippen LogP contribution in [0.3, 0.4) is 0 Å². The molecular formula is C22H17N3OS. The highest BCUT2D eigenvalue weighted by molar-refractivity contribution is 7.99. The van der Waals surface area contributed by atoms with E-state index in [0.29, 0.717) is 0 Å². The largest absolute Gasteiger partial charge is 0.497 e. The summed E-state index contributed by atoms with van der Waals surface area (Å²) in [4.78, 5) is 0. The first kappa shape index (κ1) is 16.1. The number of fused-ring (bicyclic) bond motifs is 3. The van der Waals surface area contributed by atoms with Gasteiger partial charge in [0.25, 0.3) is 0 Å². The van der Waals surface area contributed by atoms with E-state index in [9.17, 15) is 0 Å². The Morgan fingerprint density at radius 3 is 2.30 bits per heavy atom. The van der Waals surface area contributed by atoms with Crippen LogP contribution < -0.4 is 4.74 Å². The highest BCUT2D eigenvalue weighted by Crippen LogP contribution is 2.51. The third-order valence-corrected chi connectivity index (χ3v) is 6.08. The normalized spacial score (nSPS) is 12.6. The summed E-state index contributed by atoms with van der Waals surface area (Å²) in [6.07, 6.45) is 1.75. The summed E-state index contributed by atoms with van der Waals surface area (Å²) in [5.74, 6) is 0.814. The van der Waals surface area contributed by atoms with Gasteiger partial charge in [0, 0.05) is 6.07 Å². The molecule has 1 aliphatic rings. The van der Waals surface area contributed by atoms with Crippen LogP contribution in [0.4, 0.5) is 0 Å². The molecule has 0 saturated carbocycles. The van der Waals surface area contributed by atoms with Gasteiger partial charge in [-0.2, -0.15) is 0 Å². The van der Waals surface area contributed by atoms with E-state index in [2.05, 4.69) is 58.7 Å². The third kappa shape index (κ3) is 2.71. The van der Waals surface area contributed by atoms with Crippen LogP contribution in [0.25, 0.3) is 16.8 Å². The molecule has 5 rings (SSSR count). The van der Waals surface area contributed by atoms with E-state index < -0.39 is 0 Å². The molecule has 0 N–H and O–H groups in total. The first-order chi connectivity index (χ1) is 13.3. The summed E-state index contributed by atoms with van der Waals surface area (Å²) in [6.45, 7) is 0. The van der Waals surface area contributed by atoms with Crippen LogP contribution in [-0.4, -0.2) is 21.9 Å². The van der Waals surface area contributed by atoms with E-state index in [4.69, 9.17) is 4.74 Å². The number of benzene rings is 3. The first-order valence-electron chi connectivity index (χ1n) is 8.74. The Morgan fingerprint density at radius 2 is 1.59 bits per heavy atom. The predicted molar refractivity (Wildman–Crippen MR) is 107 cm³/mol. The molecule has 1 aromatic heterocycles. The highest BCUT2D eigenvalue weighted by Gasteiger charge is 2.30. The second-order valence-corrected chi connectivity index (χ2v) is 7.43. The molecule has 0 aliphatic heterocycles. The second-order valence-electron chi connectivity index (χ2n) is 6.36. The van der Waals surface area contributed by atoms with Crippen molar-refractivity contribution in [1.82, 2.24) is 14.8 Å². The summed E-state index contributed by atoms with van der Waals surface area (Å²) in [6, 6.07) is 25.1. The Bertz CT molecular complexity index is 1080. The van der Waals surface area contributed by atoms with Crippen molar-refractivity contribution < 1.29 is 4.74 Å². The van der Waals surface area contributed by atoms with Crippen LogP contribution in [0.5, 0.6) is 5.75 Å². The monoisotopic (exact) mass is 371 g/mol. The van der Waals surface area contributed by atoms with Gasteiger partial charge in [0.2, 0.25) is 0 Å². The zero-order chi connectivity index (χ0) is 18.2. The number of methoxy groups -OCH3 is 1. The lowest BCUT2D eigenvalue weighted by molar-refractivity contribution is 0.414. The maximum Gasteiger partial charge on any atom is 0.196 e. The molecule has 0 atom stereocenters. The Kier molecular flexibility index (Phi) is 3.94. The fourth-order valence-corrected chi connectivity index (χ4v) is 4.82. The molecule has 0 unspecified atom stereocenters. The molecule has 27 heavy (non-hydrogen) atoms. The molecule has 0 bridgehead atoms. The van der Waals surface area contributed by atoms with Gasteiger partial charge in [-0.25, -0.2) is 0 Å². The minimum atomic E-state index is 0.200. The summed E-state index contributed by atoms with van der Waals surface area (Å²) in [5.41, 5.74) is 6.24. The molecule has 0 saturated heterocycles. The predicted octanol–water partition coefficient (Wildman–Crippen LogP) is 5.14. The minimum absolute atomic E-state index is 0.200. The molecule has 5 heteroatoms. The molecule has 4 aromatic rings. The fourth-order valence-electron chi connectivity index (χ4n) is 3.58. The van der Waals surface area contributed by atoms with Crippen LogP contribution in [0.15, 0.2) is 84.3 Å². The van der Waals surface area contributed by atoms with Crippen molar-refractivity contribution in [3.05, 3.63) is 90.3 Å². The van der Waals surface area contributed by atoms with Crippen molar-refractivity contribution in [2.75, 3.05) is 7.11 Å². The molecular weight excluding hydrogens is 354 g/mol. The van der Waals surface area contributed by atoms with Gasteiger partial charge in [-0.15, -0.1) is 10.2 Å². The lowest BCUT2D eigenvalue weighted by Gasteiger charge is -2.14. The zero-order valence-electron chi connectivity index (χ0n) is 14.7. The molecule has 0 fully saturated rings. The molecule has 3 aromatic carbocycles. The van der Waals surface area contributed by atoms with Gasteiger partial charge < -0.3 is 4.74 Å². The lowest BCUT2D eigenvalue weighted by Crippen LogP contribution is -1.99. The Hall–Kier alpha value is -3.05. The molecule has 0 radical (unpaired) electrons. The number of nitrogens with zero attached hydrogens (tertiary/aromatic N) is 3. The number of aromatic nitrogens is 3. The van der Waals surface area contributed by atoms with Gasteiger partial charge in [-0.05, 0) is 34.4 Å². The SMILES string of the molecule is COc1cccc(-n2cnnc2SC2c3ccccc3-c3ccccc32)c1. The van der Waals surface area contributed by atoms with Crippen LogP contribution in [-0.2, 0) is 0 Å². The number of hydrogen-bond donors (Lipinski definition) is 0. The standard InChI is InChI=1S/C22H17N3OS/c1-26-16-8-6-7-15(13-16)25-14-23-24-22(25)27-21-19-11-4-2-9-17(19)18-10-3-5-12-20(18)21/h2-14,21H,1H3. The first-order valence-corrected chi connectivity index (χ1v) is 9.62.